The van der Waals surface area contributed by atoms with Gasteiger partial charge in [0.15, 0.2) is 0 Å². The molecule has 4 heteroatoms. The number of hydrogen-bond acceptors (Lipinski definition) is 3. The van der Waals surface area contributed by atoms with E-state index in [1.807, 2.05) is 40.7 Å². The second-order valence-electron chi connectivity index (χ2n) is 6.34. The fourth-order valence-electron chi connectivity index (χ4n) is 2.37. The smallest absolute Gasteiger partial charge is 0.410 e. The van der Waals surface area contributed by atoms with E-state index in [1.165, 1.54) is 0 Å². The van der Waals surface area contributed by atoms with Crippen molar-refractivity contribution < 1.29 is 14.3 Å². The molecule has 1 heterocycles. The van der Waals surface area contributed by atoms with Crippen molar-refractivity contribution in [1.82, 2.24) is 4.90 Å². The summed E-state index contributed by atoms with van der Waals surface area (Å²) in [5, 5.41) is 0. The van der Waals surface area contributed by atoms with E-state index in [1.54, 1.807) is 4.90 Å². The highest BCUT2D eigenvalue weighted by molar-refractivity contribution is 5.70. The van der Waals surface area contributed by atoms with E-state index in [2.05, 4.69) is 0 Å². The molecule has 0 saturated carbocycles. The van der Waals surface area contributed by atoms with Crippen molar-refractivity contribution >= 4 is 12.4 Å². The van der Waals surface area contributed by atoms with Gasteiger partial charge in [0.05, 0.1) is 5.92 Å². The number of allylic oxidation sites excluding steroid dienone is 1. The van der Waals surface area contributed by atoms with Gasteiger partial charge in [-0.25, -0.2) is 4.79 Å². The summed E-state index contributed by atoms with van der Waals surface area (Å²) >= 11 is 0. The summed E-state index contributed by atoms with van der Waals surface area (Å²) in [5.41, 5.74) is 0.588. The fourth-order valence-corrected chi connectivity index (χ4v) is 2.37. The van der Waals surface area contributed by atoms with Crippen LogP contribution in [0.15, 0.2) is 11.6 Å². The fraction of sp³-hybridized carbons (Fsp3) is 0.733. The number of rotatable bonds is 3. The summed E-state index contributed by atoms with van der Waals surface area (Å²) < 4.78 is 5.40. The first kappa shape index (κ1) is 15.7. The van der Waals surface area contributed by atoms with E-state index in [4.69, 9.17) is 4.74 Å². The first-order valence-corrected chi connectivity index (χ1v) is 6.84. The monoisotopic (exact) mass is 267 g/mol. The molecule has 0 unspecified atom stereocenters. The molecule has 1 saturated heterocycles. The van der Waals surface area contributed by atoms with Crippen molar-refractivity contribution in [2.75, 3.05) is 6.54 Å². The molecule has 19 heavy (non-hydrogen) atoms. The van der Waals surface area contributed by atoms with E-state index in [9.17, 15) is 9.59 Å². The first-order chi connectivity index (χ1) is 8.74. The Bertz CT molecular complexity index is 364. The van der Waals surface area contributed by atoms with E-state index in [0.29, 0.717) is 6.54 Å². The van der Waals surface area contributed by atoms with Gasteiger partial charge >= 0.3 is 6.09 Å². The Kier molecular flexibility index (Phi) is 5.15. The van der Waals surface area contributed by atoms with Crippen LogP contribution in [0.25, 0.3) is 0 Å². The van der Waals surface area contributed by atoms with Gasteiger partial charge in [-0.3, -0.25) is 0 Å². The van der Waals surface area contributed by atoms with Crippen LogP contribution < -0.4 is 0 Å². The zero-order valence-electron chi connectivity index (χ0n) is 12.6. The lowest BCUT2D eigenvalue weighted by atomic mass is 9.97. The lowest BCUT2D eigenvalue weighted by Crippen LogP contribution is -2.43. The summed E-state index contributed by atoms with van der Waals surface area (Å²) in [5.74, 6) is -0.236. The Morgan fingerprint density at radius 2 is 2.00 bits per heavy atom. The molecule has 1 aliphatic heterocycles. The zero-order valence-corrected chi connectivity index (χ0v) is 12.6. The number of carbonyl (C=O) groups is 2. The summed E-state index contributed by atoms with van der Waals surface area (Å²) in [6, 6.07) is -0.0674. The van der Waals surface area contributed by atoms with Gasteiger partial charge < -0.3 is 14.4 Å². The molecule has 0 aliphatic carbocycles. The standard InChI is InChI=1S/C15H25NO3/c1-11(2)9-12(10-17)13-7-6-8-16(13)14(18)19-15(3,4)5/h9-10,12-13H,6-8H2,1-5H3/t12-,13-/m1/s1. The Hall–Kier alpha value is -1.32. The molecule has 1 amide bonds. The van der Waals surface area contributed by atoms with Gasteiger partial charge in [-0.15, -0.1) is 0 Å². The molecular weight excluding hydrogens is 242 g/mol. The van der Waals surface area contributed by atoms with Gasteiger partial charge in [0.25, 0.3) is 0 Å². The minimum atomic E-state index is -0.503. The number of amides is 1. The zero-order chi connectivity index (χ0) is 14.6. The molecule has 1 aliphatic rings. The van der Waals surface area contributed by atoms with E-state index in [0.717, 1.165) is 24.7 Å². The summed E-state index contributed by atoms with van der Waals surface area (Å²) in [6.45, 7) is 10.1. The normalized spacial score (nSPS) is 20.9. The molecule has 0 aromatic rings. The lowest BCUT2D eigenvalue weighted by molar-refractivity contribution is -0.111. The SMILES string of the molecule is CC(C)=C[C@H](C=O)[C@H]1CCCN1C(=O)OC(C)(C)C. The largest absolute Gasteiger partial charge is 0.444 e. The van der Waals surface area contributed by atoms with Crippen molar-refractivity contribution in [3.63, 3.8) is 0 Å². The van der Waals surface area contributed by atoms with E-state index in [-0.39, 0.29) is 18.1 Å². The molecule has 0 bridgehead atoms. The third-order valence-electron chi connectivity index (χ3n) is 3.05. The quantitative estimate of drug-likeness (QED) is 0.583. The summed E-state index contributed by atoms with van der Waals surface area (Å²) in [4.78, 5) is 25.1. The number of ether oxygens (including phenoxy) is 1. The average Bonchev–Trinajstić information content (AvgIpc) is 2.71. The Morgan fingerprint density at radius 1 is 1.37 bits per heavy atom. The van der Waals surface area contributed by atoms with Gasteiger partial charge in [0.2, 0.25) is 0 Å². The predicted octanol–water partition coefficient (Wildman–Crippen LogP) is 3.17. The number of nitrogens with zero attached hydrogens (tertiary/aromatic N) is 1. The van der Waals surface area contributed by atoms with Crippen LogP contribution in [-0.2, 0) is 9.53 Å². The maximum Gasteiger partial charge on any atom is 0.410 e. The second kappa shape index (κ2) is 6.22. The molecule has 108 valence electrons. The molecule has 0 aromatic carbocycles. The number of likely N-dealkylation sites (tertiary alicyclic amines) is 1. The van der Waals surface area contributed by atoms with Crippen molar-refractivity contribution in [2.45, 2.75) is 59.1 Å². The average molecular weight is 267 g/mol. The molecular formula is C15H25NO3. The highest BCUT2D eigenvalue weighted by Gasteiger charge is 2.36. The van der Waals surface area contributed by atoms with Crippen LogP contribution in [-0.4, -0.2) is 35.5 Å². The highest BCUT2D eigenvalue weighted by Crippen LogP contribution is 2.26. The molecule has 4 nitrogen and oxygen atoms in total. The lowest BCUT2D eigenvalue weighted by Gasteiger charge is -2.30. The maximum absolute atomic E-state index is 12.1. The van der Waals surface area contributed by atoms with E-state index < -0.39 is 5.60 Å². The van der Waals surface area contributed by atoms with Crippen LogP contribution in [0.3, 0.4) is 0 Å². The number of hydrogen-bond donors (Lipinski definition) is 0. The Labute approximate surface area is 115 Å². The maximum atomic E-state index is 12.1. The Morgan fingerprint density at radius 3 is 2.47 bits per heavy atom. The van der Waals surface area contributed by atoms with Crippen molar-refractivity contribution in [2.24, 2.45) is 5.92 Å². The number of aldehydes is 1. The molecule has 1 rings (SSSR count). The first-order valence-electron chi connectivity index (χ1n) is 6.84. The van der Waals surface area contributed by atoms with Crippen LogP contribution in [0.1, 0.15) is 47.5 Å². The third kappa shape index (κ3) is 4.69. The molecule has 0 N–H and O–H groups in total. The van der Waals surface area contributed by atoms with Gasteiger partial charge in [0.1, 0.15) is 11.9 Å². The summed E-state index contributed by atoms with van der Waals surface area (Å²) in [6.07, 6.45) is 4.32. The predicted molar refractivity (Wildman–Crippen MR) is 74.9 cm³/mol. The van der Waals surface area contributed by atoms with Crippen molar-refractivity contribution in [3.05, 3.63) is 11.6 Å². The summed E-state index contributed by atoms with van der Waals surface area (Å²) in [7, 11) is 0. The highest BCUT2D eigenvalue weighted by atomic mass is 16.6. The molecule has 1 fully saturated rings. The molecule has 2 atom stereocenters. The minimum absolute atomic E-state index is 0.0674. The van der Waals surface area contributed by atoms with Crippen molar-refractivity contribution in [3.8, 4) is 0 Å². The second-order valence-corrected chi connectivity index (χ2v) is 6.34. The van der Waals surface area contributed by atoms with Gasteiger partial charge in [0, 0.05) is 12.6 Å². The Balaban J connectivity index is 2.81. The van der Waals surface area contributed by atoms with Crippen LogP contribution in [0.4, 0.5) is 4.79 Å². The van der Waals surface area contributed by atoms with Crippen molar-refractivity contribution in [1.29, 1.82) is 0 Å². The van der Waals surface area contributed by atoms with E-state index >= 15 is 0 Å². The minimum Gasteiger partial charge on any atom is -0.444 e. The molecule has 0 aromatic heterocycles. The van der Waals surface area contributed by atoms with Crippen LogP contribution >= 0.6 is 0 Å². The van der Waals surface area contributed by atoms with Crippen LogP contribution in [0, 0.1) is 5.92 Å². The molecule has 0 spiro atoms. The molecule has 0 radical (unpaired) electrons. The topological polar surface area (TPSA) is 46.6 Å². The number of carbonyl (C=O) groups excluding carboxylic acids is 2. The van der Waals surface area contributed by atoms with Gasteiger partial charge in [-0.1, -0.05) is 11.6 Å². The third-order valence-corrected chi connectivity index (χ3v) is 3.05. The van der Waals surface area contributed by atoms with Crippen LogP contribution in [0.2, 0.25) is 0 Å². The van der Waals surface area contributed by atoms with Gasteiger partial charge in [-0.05, 0) is 47.5 Å². The van der Waals surface area contributed by atoms with Gasteiger partial charge in [-0.2, -0.15) is 0 Å². The van der Waals surface area contributed by atoms with Crippen LogP contribution in [0.5, 0.6) is 0 Å².